The molecule has 0 aromatic rings. The van der Waals surface area contributed by atoms with Gasteiger partial charge in [0.25, 0.3) is 0 Å². The Bertz CT molecular complexity index is 497. The van der Waals surface area contributed by atoms with E-state index in [9.17, 15) is 0 Å². The zero-order valence-corrected chi connectivity index (χ0v) is 18.5. The van der Waals surface area contributed by atoms with Crippen LogP contribution in [0.5, 0.6) is 0 Å². The van der Waals surface area contributed by atoms with Crippen LogP contribution in [0, 0.1) is 10.8 Å². The van der Waals surface area contributed by atoms with Gasteiger partial charge in [0.05, 0.1) is 12.7 Å². The minimum absolute atomic E-state index is 0.231. The van der Waals surface area contributed by atoms with Crippen molar-refractivity contribution < 1.29 is 4.74 Å². The van der Waals surface area contributed by atoms with Gasteiger partial charge in [0, 0.05) is 12.1 Å². The van der Waals surface area contributed by atoms with Crippen LogP contribution in [0.3, 0.4) is 0 Å². The molecule has 2 rings (SSSR count). The maximum absolute atomic E-state index is 6.28. The van der Waals surface area contributed by atoms with E-state index in [-0.39, 0.29) is 11.5 Å². The first-order valence-corrected chi connectivity index (χ1v) is 10.9. The minimum atomic E-state index is 0.231. The van der Waals surface area contributed by atoms with E-state index in [1.807, 2.05) is 0 Å². The second kappa shape index (κ2) is 9.06. The lowest BCUT2D eigenvalue weighted by atomic mass is 9.71. The third-order valence-corrected chi connectivity index (χ3v) is 6.08. The summed E-state index contributed by atoms with van der Waals surface area (Å²) >= 11 is 0. The van der Waals surface area contributed by atoms with Gasteiger partial charge in [-0.3, -0.25) is 4.90 Å². The number of piperidine rings is 1. The van der Waals surface area contributed by atoms with Gasteiger partial charge in [-0.05, 0) is 62.0 Å². The van der Waals surface area contributed by atoms with Crippen LogP contribution in [0.15, 0.2) is 23.8 Å². The van der Waals surface area contributed by atoms with Crippen molar-refractivity contribution in [3.05, 3.63) is 23.8 Å². The van der Waals surface area contributed by atoms with Gasteiger partial charge in [-0.25, -0.2) is 0 Å². The van der Waals surface area contributed by atoms with Gasteiger partial charge in [-0.15, -0.1) is 0 Å². The van der Waals surface area contributed by atoms with Crippen molar-refractivity contribution in [2.24, 2.45) is 10.8 Å². The zero-order valence-electron chi connectivity index (χ0n) is 18.5. The number of allylic oxidation sites excluding steroid dienone is 2. The van der Waals surface area contributed by atoms with Crippen LogP contribution in [0.2, 0.25) is 0 Å². The summed E-state index contributed by atoms with van der Waals surface area (Å²) in [6.07, 6.45) is 14.9. The van der Waals surface area contributed by atoms with Gasteiger partial charge >= 0.3 is 0 Å². The van der Waals surface area contributed by atoms with Crippen molar-refractivity contribution in [3.8, 4) is 0 Å². The van der Waals surface area contributed by atoms with Crippen LogP contribution >= 0.6 is 0 Å². The molecule has 3 atom stereocenters. The fraction of sp³-hybridized carbons (Fsp3) is 0.833. The molecule has 2 nitrogen and oxygen atoms in total. The summed E-state index contributed by atoms with van der Waals surface area (Å²) in [4.78, 5) is 2.68. The molecule has 0 N–H and O–H groups in total. The molecular weight excluding hydrogens is 318 g/mol. The topological polar surface area (TPSA) is 12.5 Å². The van der Waals surface area contributed by atoms with Gasteiger partial charge in [-0.1, -0.05) is 66.2 Å². The van der Waals surface area contributed by atoms with Crippen LogP contribution in [0.4, 0.5) is 0 Å². The number of hydrogen-bond acceptors (Lipinski definition) is 2. The Morgan fingerprint density at radius 2 is 1.92 bits per heavy atom. The van der Waals surface area contributed by atoms with Gasteiger partial charge in [0.1, 0.15) is 0 Å². The molecule has 0 aromatic carbocycles. The monoisotopic (exact) mass is 361 g/mol. The van der Waals surface area contributed by atoms with Crippen molar-refractivity contribution in [2.45, 2.75) is 105 Å². The summed E-state index contributed by atoms with van der Waals surface area (Å²) < 4.78 is 6.28. The first-order valence-electron chi connectivity index (χ1n) is 10.9. The minimum Gasteiger partial charge on any atom is -0.372 e. The lowest BCUT2D eigenvalue weighted by Gasteiger charge is -2.40. The van der Waals surface area contributed by atoms with Gasteiger partial charge in [0.2, 0.25) is 0 Å². The highest BCUT2D eigenvalue weighted by atomic mass is 16.5. The molecule has 0 radical (unpaired) electrons. The van der Waals surface area contributed by atoms with Gasteiger partial charge in [-0.2, -0.15) is 0 Å². The Morgan fingerprint density at radius 1 is 1.19 bits per heavy atom. The first kappa shape index (κ1) is 21.7. The van der Waals surface area contributed by atoms with Gasteiger partial charge in [0.15, 0.2) is 0 Å². The highest BCUT2D eigenvalue weighted by Gasteiger charge is 2.30. The van der Waals surface area contributed by atoms with E-state index >= 15 is 0 Å². The van der Waals surface area contributed by atoms with Crippen molar-refractivity contribution >= 4 is 0 Å². The van der Waals surface area contributed by atoms with Crippen molar-refractivity contribution in [1.29, 1.82) is 0 Å². The molecule has 150 valence electrons. The molecular formula is C24H43NO. The molecule has 1 saturated heterocycles. The average molecular weight is 362 g/mol. The number of nitrogens with zero attached hydrogens (tertiary/aromatic N) is 1. The summed E-state index contributed by atoms with van der Waals surface area (Å²) in [6.45, 7) is 18.5. The Labute approximate surface area is 163 Å². The molecule has 1 aliphatic carbocycles. The van der Waals surface area contributed by atoms with Crippen molar-refractivity contribution in [3.63, 3.8) is 0 Å². The Hall–Kier alpha value is -0.600. The summed E-state index contributed by atoms with van der Waals surface area (Å²) in [5, 5.41) is 0. The molecule has 2 heteroatoms. The smallest absolute Gasteiger partial charge is 0.0794 e. The highest BCUT2D eigenvalue weighted by molar-refractivity contribution is 5.30. The van der Waals surface area contributed by atoms with Crippen LogP contribution < -0.4 is 0 Å². The number of hydrogen-bond donors (Lipinski definition) is 0. The van der Waals surface area contributed by atoms with Crippen LogP contribution in [-0.4, -0.2) is 36.2 Å². The van der Waals surface area contributed by atoms with E-state index < -0.39 is 0 Å². The lowest BCUT2D eigenvalue weighted by molar-refractivity contribution is 0.00861. The van der Waals surface area contributed by atoms with E-state index in [1.54, 1.807) is 0 Å². The quantitative estimate of drug-likeness (QED) is 0.522. The summed E-state index contributed by atoms with van der Waals surface area (Å²) in [5.74, 6) is 0. The molecule has 1 fully saturated rings. The molecule has 0 aromatic heterocycles. The second-order valence-electron chi connectivity index (χ2n) is 10.4. The Kier molecular flexibility index (Phi) is 7.56. The molecule has 2 aliphatic rings. The maximum atomic E-state index is 6.28. The standard InChI is InChI=1S/C24H43NO/c1-8-21-11-9-10-16-25(21)19(2)17-26-22-14-12-20(13-15-22)24(6,7)18-23(3,4)5/h12-14,19,21-22H,8-11,15-18H2,1-7H3. The number of ether oxygens (including phenoxy) is 1. The number of likely N-dealkylation sites (tertiary alicyclic amines) is 1. The normalized spacial score (nSPS) is 26.7. The van der Waals surface area contributed by atoms with E-state index in [2.05, 4.69) is 71.6 Å². The lowest BCUT2D eigenvalue weighted by Crippen LogP contribution is -2.47. The molecule has 26 heavy (non-hydrogen) atoms. The van der Waals surface area contributed by atoms with Crippen LogP contribution in [-0.2, 0) is 4.74 Å². The van der Waals surface area contributed by atoms with E-state index in [0.717, 1.165) is 19.1 Å². The summed E-state index contributed by atoms with van der Waals surface area (Å²) in [5.41, 5.74) is 2.06. The Morgan fingerprint density at radius 3 is 2.50 bits per heavy atom. The predicted molar refractivity (Wildman–Crippen MR) is 114 cm³/mol. The van der Waals surface area contributed by atoms with E-state index in [1.165, 1.54) is 44.2 Å². The largest absolute Gasteiger partial charge is 0.372 e. The summed E-state index contributed by atoms with van der Waals surface area (Å²) in [6, 6.07) is 1.28. The zero-order chi connectivity index (χ0) is 19.4. The molecule has 3 unspecified atom stereocenters. The maximum Gasteiger partial charge on any atom is 0.0794 e. The second-order valence-corrected chi connectivity index (χ2v) is 10.4. The van der Waals surface area contributed by atoms with Gasteiger partial charge < -0.3 is 4.74 Å². The predicted octanol–water partition coefficient (Wildman–Crippen LogP) is 6.37. The fourth-order valence-electron chi connectivity index (χ4n) is 5.05. The fourth-order valence-corrected chi connectivity index (χ4v) is 5.05. The van der Waals surface area contributed by atoms with Crippen LogP contribution in [0.1, 0.15) is 87.0 Å². The third kappa shape index (κ3) is 6.23. The molecule has 1 heterocycles. The molecule has 0 bridgehead atoms. The van der Waals surface area contributed by atoms with Crippen LogP contribution in [0.25, 0.3) is 0 Å². The SMILES string of the molecule is CCC1CCCCN1C(C)COC1C=CC(C(C)(C)CC(C)(C)C)=CC1. The van der Waals surface area contributed by atoms with Crippen molar-refractivity contribution in [2.75, 3.05) is 13.2 Å². The van der Waals surface area contributed by atoms with E-state index in [0.29, 0.717) is 11.5 Å². The third-order valence-electron chi connectivity index (χ3n) is 6.08. The molecule has 0 amide bonds. The number of rotatable bonds is 7. The Balaban J connectivity index is 1.83. The first-order chi connectivity index (χ1) is 12.1. The highest BCUT2D eigenvalue weighted by Crippen LogP contribution is 2.40. The molecule has 0 saturated carbocycles. The van der Waals surface area contributed by atoms with Crippen molar-refractivity contribution in [1.82, 2.24) is 4.90 Å². The molecule has 0 spiro atoms. The summed E-state index contributed by atoms with van der Waals surface area (Å²) in [7, 11) is 0. The van der Waals surface area contributed by atoms with E-state index in [4.69, 9.17) is 4.74 Å². The molecule has 1 aliphatic heterocycles. The average Bonchev–Trinajstić information content (AvgIpc) is 2.58.